The number of carbonyl (C=O) groups is 1. The Hall–Kier alpha value is -1.26. The SMILES string of the molecule is CCN(C)C(=O)CN=C(N)NC(C)(C)C. The highest BCUT2D eigenvalue weighted by atomic mass is 16.2. The van der Waals surface area contributed by atoms with Gasteiger partial charge in [-0.15, -0.1) is 0 Å². The van der Waals surface area contributed by atoms with E-state index in [-0.39, 0.29) is 18.0 Å². The molecule has 0 rings (SSSR count). The molecule has 0 aliphatic rings. The van der Waals surface area contributed by atoms with Crippen molar-refractivity contribution in [3.05, 3.63) is 0 Å². The zero-order valence-electron chi connectivity index (χ0n) is 10.3. The molecule has 0 unspecified atom stereocenters. The number of aliphatic imine (C=N–C) groups is 1. The predicted octanol–water partition coefficient (Wildman–Crippen LogP) is 0.168. The third kappa shape index (κ3) is 6.76. The number of hydrogen-bond donors (Lipinski definition) is 2. The maximum Gasteiger partial charge on any atom is 0.244 e. The Labute approximate surface area is 91.7 Å². The van der Waals surface area contributed by atoms with Crippen LogP contribution < -0.4 is 11.1 Å². The van der Waals surface area contributed by atoms with Gasteiger partial charge in [0, 0.05) is 19.1 Å². The average Bonchev–Trinajstić information content (AvgIpc) is 2.10. The molecule has 0 aliphatic heterocycles. The summed E-state index contributed by atoms with van der Waals surface area (Å²) in [7, 11) is 1.74. The van der Waals surface area contributed by atoms with E-state index < -0.39 is 0 Å². The van der Waals surface area contributed by atoms with Gasteiger partial charge in [-0.25, -0.2) is 4.99 Å². The predicted molar refractivity (Wildman–Crippen MR) is 62.7 cm³/mol. The minimum atomic E-state index is -0.132. The molecule has 88 valence electrons. The molecule has 0 spiro atoms. The van der Waals surface area contributed by atoms with Crippen LogP contribution in [-0.4, -0.2) is 42.4 Å². The number of amides is 1. The Bertz CT molecular complexity index is 242. The molecule has 0 radical (unpaired) electrons. The van der Waals surface area contributed by atoms with Crippen molar-refractivity contribution < 1.29 is 4.79 Å². The van der Waals surface area contributed by atoms with E-state index in [9.17, 15) is 4.79 Å². The van der Waals surface area contributed by atoms with Gasteiger partial charge >= 0.3 is 0 Å². The van der Waals surface area contributed by atoms with Crippen molar-refractivity contribution >= 4 is 11.9 Å². The highest BCUT2D eigenvalue weighted by Gasteiger charge is 2.10. The van der Waals surface area contributed by atoms with E-state index in [0.29, 0.717) is 12.5 Å². The molecule has 0 aromatic rings. The van der Waals surface area contributed by atoms with Crippen molar-refractivity contribution in [3.63, 3.8) is 0 Å². The van der Waals surface area contributed by atoms with Crippen LogP contribution in [0.4, 0.5) is 0 Å². The molecule has 0 bridgehead atoms. The smallest absolute Gasteiger partial charge is 0.244 e. The van der Waals surface area contributed by atoms with E-state index in [4.69, 9.17) is 5.73 Å². The van der Waals surface area contributed by atoms with Crippen LogP contribution in [0.25, 0.3) is 0 Å². The van der Waals surface area contributed by atoms with Crippen molar-refractivity contribution in [2.75, 3.05) is 20.1 Å². The van der Waals surface area contributed by atoms with Gasteiger partial charge in [-0.1, -0.05) is 0 Å². The first-order valence-electron chi connectivity index (χ1n) is 5.08. The molecule has 0 aromatic carbocycles. The highest BCUT2D eigenvalue weighted by molar-refractivity contribution is 5.84. The highest BCUT2D eigenvalue weighted by Crippen LogP contribution is 1.96. The summed E-state index contributed by atoms with van der Waals surface area (Å²) in [5, 5.41) is 2.99. The Morgan fingerprint density at radius 2 is 2.00 bits per heavy atom. The molecule has 5 nitrogen and oxygen atoms in total. The molecule has 0 heterocycles. The normalized spacial score (nSPS) is 12.5. The first kappa shape index (κ1) is 13.7. The lowest BCUT2D eigenvalue weighted by molar-refractivity contribution is -0.128. The van der Waals surface area contributed by atoms with Crippen LogP contribution in [0.5, 0.6) is 0 Å². The molecular formula is C10H22N4O. The quantitative estimate of drug-likeness (QED) is 0.519. The lowest BCUT2D eigenvalue weighted by Gasteiger charge is -2.21. The third-order valence-electron chi connectivity index (χ3n) is 1.79. The number of guanidine groups is 1. The first-order valence-corrected chi connectivity index (χ1v) is 5.08. The van der Waals surface area contributed by atoms with Crippen molar-refractivity contribution in [2.45, 2.75) is 33.2 Å². The number of likely N-dealkylation sites (N-methyl/N-ethyl adjacent to an activating group) is 1. The van der Waals surface area contributed by atoms with Crippen LogP contribution in [0.1, 0.15) is 27.7 Å². The molecule has 0 saturated heterocycles. The fourth-order valence-electron chi connectivity index (χ4n) is 0.874. The Balaban J connectivity index is 4.12. The monoisotopic (exact) mass is 214 g/mol. The van der Waals surface area contributed by atoms with Gasteiger partial charge in [0.25, 0.3) is 0 Å². The lowest BCUT2D eigenvalue weighted by Crippen LogP contribution is -2.45. The molecule has 0 aliphatic carbocycles. The van der Waals surface area contributed by atoms with Crippen LogP contribution in [0.3, 0.4) is 0 Å². The second kappa shape index (κ2) is 5.58. The largest absolute Gasteiger partial charge is 0.370 e. The summed E-state index contributed by atoms with van der Waals surface area (Å²) in [6, 6.07) is 0. The van der Waals surface area contributed by atoms with E-state index >= 15 is 0 Å². The van der Waals surface area contributed by atoms with Crippen LogP contribution >= 0.6 is 0 Å². The van der Waals surface area contributed by atoms with E-state index in [1.54, 1.807) is 11.9 Å². The zero-order valence-corrected chi connectivity index (χ0v) is 10.3. The molecule has 0 atom stereocenters. The summed E-state index contributed by atoms with van der Waals surface area (Å²) in [5.41, 5.74) is 5.49. The molecule has 0 fully saturated rings. The fraction of sp³-hybridized carbons (Fsp3) is 0.800. The summed E-state index contributed by atoms with van der Waals surface area (Å²) in [6.45, 7) is 8.64. The summed E-state index contributed by atoms with van der Waals surface area (Å²) >= 11 is 0. The van der Waals surface area contributed by atoms with Gasteiger partial charge in [-0.2, -0.15) is 0 Å². The molecule has 3 N–H and O–H groups in total. The van der Waals surface area contributed by atoms with Gasteiger partial charge < -0.3 is 16.0 Å². The second-order valence-electron chi connectivity index (χ2n) is 4.48. The average molecular weight is 214 g/mol. The van der Waals surface area contributed by atoms with Gasteiger partial charge in [-0.05, 0) is 27.7 Å². The van der Waals surface area contributed by atoms with Crippen molar-refractivity contribution in [1.29, 1.82) is 0 Å². The molecule has 5 heteroatoms. The Kier molecular flexibility index (Phi) is 5.11. The van der Waals surface area contributed by atoms with Gasteiger partial charge in [0.1, 0.15) is 6.54 Å². The van der Waals surface area contributed by atoms with Crippen molar-refractivity contribution in [1.82, 2.24) is 10.2 Å². The van der Waals surface area contributed by atoms with Crippen LogP contribution in [0.2, 0.25) is 0 Å². The van der Waals surface area contributed by atoms with Crippen LogP contribution in [0.15, 0.2) is 4.99 Å². The molecular weight excluding hydrogens is 192 g/mol. The van der Waals surface area contributed by atoms with Gasteiger partial charge in [0.05, 0.1) is 0 Å². The summed E-state index contributed by atoms with van der Waals surface area (Å²) in [5.74, 6) is 0.275. The molecule has 0 aromatic heterocycles. The number of nitrogens with one attached hydrogen (secondary N) is 1. The third-order valence-corrected chi connectivity index (χ3v) is 1.79. The second-order valence-corrected chi connectivity index (χ2v) is 4.48. The van der Waals surface area contributed by atoms with Crippen LogP contribution in [-0.2, 0) is 4.79 Å². The minimum absolute atomic E-state index is 0.0313. The Morgan fingerprint density at radius 3 is 2.40 bits per heavy atom. The fourth-order valence-corrected chi connectivity index (χ4v) is 0.874. The number of nitrogens with zero attached hydrogens (tertiary/aromatic N) is 2. The number of rotatable bonds is 3. The lowest BCUT2D eigenvalue weighted by atomic mass is 10.1. The van der Waals surface area contributed by atoms with Crippen molar-refractivity contribution in [3.8, 4) is 0 Å². The molecule has 15 heavy (non-hydrogen) atoms. The van der Waals surface area contributed by atoms with E-state index in [1.807, 2.05) is 27.7 Å². The number of hydrogen-bond acceptors (Lipinski definition) is 2. The molecule has 1 amide bonds. The van der Waals surface area contributed by atoms with Gasteiger partial charge in [-0.3, -0.25) is 4.79 Å². The first-order chi connectivity index (χ1) is 6.76. The van der Waals surface area contributed by atoms with Gasteiger partial charge in [0.15, 0.2) is 5.96 Å². The maximum absolute atomic E-state index is 11.4. The number of nitrogens with two attached hydrogens (primary N) is 1. The van der Waals surface area contributed by atoms with E-state index in [0.717, 1.165) is 0 Å². The van der Waals surface area contributed by atoms with Crippen molar-refractivity contribution in [2.24, 2.45) is 10.7 Å². The van der Waals surface area contributed by atoms with Crippen LogP contribution in [0, 0.1) is 0 Å². The summed E-state index contributed by atoms with van der Waals surface area (Å²) in [6.07, 6.45) is 0. The molecule has 0 saturated carbocycles. The zero-order chi connectivity index (χ0) is 12.1. The summed E-state index contributed by atoms with van der Waals surface area (Å²) < 4.78 is 0. The Morgan fingerprint density at radius 1 is 1.47 bits per heavy atom. The number of carbonyl (C=O) groups excluding carboxylic acids is 1. The van der Waals surface area contributed by atoms with Gasteiger partial charge in [0.2, 0.25) is 5.91 Å². The minimum Gasteiger partial charge on any atom is -0.370 e. The topological polar surface area (TPSA) is 70.7 Å². The standard InChI is InChI=1S/C10H22N4O/c1-6-14(5)8(15)7-12-9(11)13-10(2,3)4/h6-7H2,1-5H3,(H3,11,12,13). The maximum atomic E-state index is 11.4. The van der Waals surface area contributed by atoms with E-state index in [1.165, 1.54) is 0 Å². The van der Waals surface area contributed by atoms with E-state index in [2.05, 4.69) is 10.3 Å². The summed E-state index contributed by atoms with van der Waals surface area (Å²) in [4.78, 5) is 17.0.